The van der Waals surface area contributed by atoms with Gasteiger partial charge in [0.2, 0.25) is 0 Å². The Hall–Kier alpha value is -3.25. The van der Waals surface area contributed by atoms with Crippen LogP contribution >= 0.6 is 0 Å². The first kappa shape index (κ1) is 25.4. The van der Waals surface area contributed by atoms with Gasteiger partial charge in [0, 0.05) is 39.1 Å². The summed E-state index contributed by atoms with van der Waals surface area (Å²) in [6, 6.07) is 19.5. The van der Waals surface area contributed by atoms with Crippen LogP contribution in [0.5, 0.6) is 0 Å². The molecule has 0 saturated carbocycles. The van der Waals surface area contributed by atoms with Crippen LogP contribution in [0, 0.1) is 12.8 Å². The number of aryl methyl sites for hydroxylation is 1. The number of nitrogens with zero attached hydrogens (tertiary/aromatic N) is 6. The Morgan fingerprint density at radius 1 is 0.838 bits per heavy atom. The van der Waals surface area contributed by atoms with Crippen molar-refractivity contribution in [3.8, 4) is 5.69 Å². The van der Waals surface area contributed by atoms with Crippen molar-refractivity contribution in [2.75, 3.05) is 31.1 Å². The van der Waals surface area contributed by atoms with E-state index in [-0.39, 0.29) is 0 Å². The maximum absolute atomic E-state index is 5.15. The molecule has 1 saturated heterocycles. The zero-order valence-electron chi connectivity index (χ0n) is 23.0. The van der Waals surface area contributed by atoms with Crippen LogP contribution in [0.4, 0.5) is 5.82 Å². The van der Waals surface area contributed by atoms with E-state index >= 15 is 0 Å². The van der Waals surface area contributed by atoms with E-state index in [1.807, 2.05) is 10.7 Å². The molecule has 2 aromatic heterocycles. The van der Waals surface area contributed by atoms with E-state index < -0.39 is 0 Å². The molecule has 6 nitrogen and oxygen atoms in total. The Kier molecular flexibility index (Phi) is 7.56. The molecular weight excluding hydrogens is 456 g/mol. The second kappa shape index (κ2) is 11.0. The molecule has 6 heteroatoms. The summed E-state index contributed by atoms with van der Waals surface area (Å²) in [5.74, 6) is 3.01. The molecule has 1 aliphatic heterocycles. The fourth-order valence-corrected chi connectivity index (χ4v) is 5.25. The van der Waals surface area contributed by atoms with Crippen LogP contribution < -0.4 is 4.90 Å². The molecule has 1 aliphatic rings. The van der Waals surface area contributed by atoms with Crippen LogP contribution in [0.1, 0.15) is 62.7 Å². The lowest BCUT2D eigenvalue weighted by molar-refractivity contribution is 0.285. The predicted molar refractivity (Wildman–Crippen MR) is 153 cm³/mol. The number of rotatable bonds is 7. The third kappa shape index (κ3) is 5.69. The summed E-state index contributed by atoms with van der Waals surface area (Å²) in [5.41, 5.74) is 5.72. The van der Waals surface area contributed by atoms with Crippen LogP contribution in [-0.4, -0.2) is 50.8 Å². The summed E-state index contributed by atoms with van der Waals surface area (Å²) in [5, 5.41) is 6.00. The standard InChI is InChI=1S/C31H40N6/c1-22(2)20-28-32-30(29-24(5)34-37(31(29)33-28)27-10-7-6-8-11-27)36-17-9-16-35(18-19-36)21-25-12-14-26(15-13-25)23(3)4/h6-8,10-15,22-23H,9,16-21H2,1-5H3. The molecule has 0 amide bonds. The van der Waals surface area contributed by atoms with Crippen LogP contribution in [-0.2, 0) is 13.0 Å². The van der Waals surface area contributed by atoms with Gasteiger partial charge >= 0.3 is 0 Å². The lowest BCUT2D eigenvalue weighted by Gasteiger charge is -2.24. The maximum atomic E-state index is 5.15. The zero-order valence-corrected chi connectivity index (χ0v) is 23.0. The lowest BCUT2D eigenvalue weighted by Crippen LogP contribution is -2.31. The van der Waals surface area contributed by atoms with E-state index in [0.717, 1.165) is 79.6 Å². The number of hydrogen-bond donors (Lipinski definition) is 0. The second-order valence-electron chi connectivity index (χ2n) is 11.1. The van der Waals surface area contributed by atoms with Crippen molar-refractivity contribution < 1.29 is 0 Å². The predicted octanol–water partition coefficient (Wildman–Crippen LogP) is 6.16. The Morgan fingerprint density at radius 3 is 2.30 bits per heavy atom. The van der Waals surface area contributed by atoms with Gasteiger partial charge in [-0.1, -0.05) is 70.2 Å². The highest BCUT2D eigenvalue weighted by Crippen LogP contribution is 2.30. The quantitative estimate of drug-likeness (QED) is 0.307. The van der Waals surface area contributed by atoms with E-state index in [1.54, 1.807) is 0 Å². The van der Waals surface area contributed by atoms with E-state index in [2.05, 4.69) is 92.9 Å². The molecule has 194 valence electrons. The minimum absolute atomic E-state index is 0.487. The Balaban J connectivity index is 1.43. The van der Waals surface area contributed by atoms with Crippen molar-refractivity contribution in [2.45, 2.75) is 59.9 Å². The molecule has 0 atom stereocenters. The van der Waals surface area contributed by atoms with Crippen LogP contribution in [0.25, 0.3) is 16.7 Å². The van der Waals surface area contributed by atoms with Gasteiger partial charge in [0.1, 0.15) is 11.6 Å². The fraction of sp³-hybridized carbons (Fsp3) is 0.452. The molecule has 0 aliphatic carbocycles. The van der Waals surface area contributed by atoms with Crippen molar-refractivity contribution in [2.24, 2.45) is 5.92 Å². The van der Waals surface area contributed by atoms with E-state index in [1.165, 1.54) is 11.1 Å². The summed E-state index contributed by atoms with van der Waals surface area (Å²) < 4.78 is 1.99. The lowest BCUT2D eigenvalue weighted by atomic mass is 10.0. The highest BCUT2D eigenvalue weighted by molar-refractivity contribution is 5.91. The largest absolute Gasteiger partial charge is 0.355 e. The van der Waals surface area contributed by atoms with E-state index in [4.69, 9.17) is 15.1 Å². The van der Waals surface area contributed by atoms with E-state index in [9.17, 15) is 0 Å². The normalized spacial score (nSPS) is 15.2. The third-order valence-electron chi connectivity index (χ3n) is 7.26. The molecule has 2 aromatic carbocycles. The number of fused-ring (bicyclic) bond motifs is 1. The molecule has 0 radical (unpaired) electrons. The van der Waals surface area contributed by atoms with Gasteiger partial charge in [0.15, 0.2) is 5.65 Å². The van der Waals surface area contributed by atoms with Gasteiger partial charge in [-0.3, -0.25) is 4.90 Å². The summed E-state index contributed by atoms with van der Waals surface area (Å²) in [7, 11) is 0. The number of para-hydroxylation sites is 1. The minimum atomic E-state index is 0.487. The summed E-state index contributed by atoms with van der Waals surface area (Å²) in [6.07, 6.45) is 1.97. The van der Waals surface area contributed by atoms with Gasteiger partial charge < -0.3 is 4.90 Å². The molecule has 0 spiro atoms. The Labute approximate surface area is 221 Å². The average Bonchev–Trinajstić information content (AvgIpc) is 3.05. The van der Waals surface area contributed by atoms with Crippen LogP contribution in [0.15, 0.2) is 54.6 Å². The summed E-state index contributed by atoms with van der Waals surface area (Å²) in [6.45, 7) is 16.1. The number of aromatic nitrogens is 4. The molecule has 3 heterocycles. The molecular formula is C31H40N6. The van der Waals surface area contributed by atoms with Gasteiger partial charge in [-0.15, -0.1) is 0 Å². The topological polar surface area (TPSA) is 50.1 Å². The number of hydrogen-bond acceptors (Lipinski definition) is 5. The van der Waals surface area contributed by atoms with Crippen molar-refractivity contribution in [3.05, 3.63) is 77.2 Å². The summed E-state index contributed by atoms with van der Waals surface area (Å²) >= 11 is 0. The van der Waals surface area contributed by atoms with Crippen LogP contribution in [0.3, 0.4) is 0 Å². The molecule has 0 unspecified atom stereocenters. The van der Waals surface area contributed by atoms with Crippen LogP contribution in [0.2, 0.25) is 0 Å². The molecule has 37 heavy (non-hydrogen) atoms. The Morgan fingerprint density at radius 2 is 1.59 bits per heavy atom. The molecule has 0 bridgehead atoms. The Bertz CT molecular complexity index is 1320. The van der Waals surface area contributed by atoms with Crippen molar-refractivity contribution in [1.29, 1.82) is 0 Å². The summed E-state index contributed by atoms with van der Waals surface area (Å²) in [4.78, 5) is 15.2. The van der Waals surface area contributed by atoms with Crippen molar-refractivity contribution in [1.82, 2.24) is 24.6 Å². The van der Waals surface area contributed by atoms with E-state index in [0.29, 0.717) is 11.8 Å². The van der Waals surface area contributed by atoms with Gasteiger partial charge in [-0.05, 0) is 48.4 Å². The van der Waals surface area contributed by atoms with Gasteiger partial charge in [-0.2, -0.15) is 5.10 Å². The maximum Gasteiger partial charge on any atom is 0.168 e. The monoisotopic (exact) mass is 496 g/mol. The smallest absolute Gasteiger partial charge is 0.168 e. The highest BCUT2D eigenvalue weighted by Gasteiger charge is 2.24. The molecule has 1 fully saturated rings. The van der Waals surface area contributed by atoms with Gasteiger partial charge in [0.05, 0.1) is 16.8 Å². The second-order valence-corrected chi connectivity index (χ2v) is 11.1. The van der Waals surface area contributed by atoms with Crippen molar-refractivity contribution in [3.63, 3.8) is 0 Å². The number of anilines is 1. The first-order valence-corrected chi connectivity index (χ1v) is 13.8. The highest BCUT2D eigenvalue weighted by atomic mass is 15.3. The SMILES string of the molecule is Cc1nn(-c2ccccc2)c2nc(CC(C)C)nc(N3CCCN(Cc4ccc(C(C)C)cc4)CC3)c12. The van der Waals surface area contributed by atoms with Crippen molar-refractivity contribution >= 4 is 16.9 Å². The molecule has 4 aromatic rings. The minimum Gasteiger partial charge on any atom is -0.355 e. The molecule has 5 rings (SSSR count). The fourth-order valence-electron chi connectivity index (χ4n) is 5.25. The first-order valence-electron chi connectivity index (χ1n) is 13.8. The zero-order chi connectivity index (χ0) is 25.9. The third-order valence-corrected chi connectivity index (χ3v) is 7.26. The van der Waals surface area contributed by atoms with Gasteiger partial charge in [0.25, 0.3) is 0 Å². The first-order chi connectivity index (χ1) is 17.9. The molecule has 0 N–H and O–H groups in total. The van der Waals surface area contributed by atoms with Gasteiger partial charge in [-0.25, -0.2) is 14.6 Å². The average molecular weight is 497 g/mol. The number of benzene rings is 2.